The van der Waals surface area contributed by atoms with E-state index < -0.39 is 0 Å². The molecule has 154 valence electrons. The van der Waals surface area contributed by atoms with Gasteiger partial charge in [-0.2, -0.15) is 0 Å². The number of fused-ring (bicyclic) bond motifs is 1. The molecule has 0 radical (unpaired) electrons. The Bertz CT molecular complexity index is 1220. The molecule has 0 spiro atoms. The standard InChI is InChI=1S/C28H26N2S/c1-30(2)27-17-16-23(31-27)18-22-14-9-15-24-25(20-10-5-3-6-11-20)19-26(29-28(22)24)21-12-7-4-8-13-21/h3-8,10-13,16-19H,9,14-15H2,1-2H3/b22-18+. The van der Waals surface area contributed by atoms with Crippen molar-refractivity contribution in [2.45, 2.75) is 19.3 Å². The second kappa shape index (κ2) is 8.52. The van der Waals surface area contributed by atoms with Gasteiger partial charge in [-0.1, -0.05) is 60.7 Å². The number of nitrogens with zero attached hydrogens (tertiary/aromatic N) is 2. The molecule has 2 aromatic heterocycles. The Hall–Kier alpha value is -3.17. The van der Waals surface area contributed by atoms with Crippen molar-refractivity contribution in [3.05, 3.63) is 95.0 Å². The second-order valence-electron chi connectivity index (χ2n) is 8.21. The monoisotopic (exact) mass is 422 g/mol. The van der Waals surface area contributed by atoms with Gasteiger partial charge in [-0.15, -0.1) is 11.3 Å². The zero-order chi connectivity index (χ0) is 21.2. The second-order valence-corrected chi connectivity index (χ2v) is 9.30. The third kappa shape index (κ3) is 4.06. The van der Waals surface area contributed by atoms with E-state index in [-0.39, 0.29) is 0 Å². The summed E-state index contributed by atoms with van der Waals surface area (Å²) in [6, 6.07) is 28.0. The molecule has 0 bridgehead atoms. The van der Waals surface area contributed by atoms with Crippen LogP contribution in [0, 0.1) is 0 Å². The molecule has 31 heavy (non-hydrogen) atoms. The van der Waals surface area contributed by atoms with Crippen LogP contribution in [-0.4, -0.2) is 19.1 Å². The molecule has 2 nitrogen and oxygen atoms in total. The maximum absolute atomic E-state index is 5.22. The maximum atomic E-state index is 5.22. The molecule has 0 atom stereocenters. The number of benzene rings is 2. The third-order valence-corrected chi connectivity index (χ3v) is 7.03. The smallest absolute Gasteiger partial charge is 0.0909 e. The fourth-order valence-electron chi connectivity index (χ4n) is 4.27. The van der Waals surface area contributed by atoms with E-state index >= 15 is 0 Å². The van der Waals surface area contributed by atoms with Crippen molar-refractivity contribution in [3.63, 3.8) is 0 Å². The van der Waals surface area contributed by atoms with Gasteiger partial charge in [0.05, 0.1) is 16.4 Å². The molecular weight excluding hydrogens is 396 g/mol. The van der Waals surface area contributed by atoms with E-state index in [1.807, 2.05) is 11.3 Å². The number of aromatic nitrogens is 1. The van der Waals surface area contributed by atoms with Crippen molar-refractivity contribution in [1.82, 2.24) is 4.98 Å². The summed E-state index contributed by atoms with van der Waals surface area (Å²) in [5.74, 6) is 0. The highest BCUT2D eigenvalue weighted by Crippen LogP contribution is 2.40. The first kappa shape index (κ1) is 19.8. The number of allylic oxidation sites excluding steroid dienone is 1. The lowest BCUT2D eigenvalue weighted by molar-refractivity contribution is 0.813. The van der Waals surface area contributed by atoms with E-state index in [2.05, 4.69) is 104 Å². The molecule has 0 aliphatic heterocycles. The van der Waals surface area contributed by atoms with Crippen molar-refractivity contribution < 1.29 is 0 Å². The van der Waals surface area contributed by atoms with Crippen LogP contribution in [0.1, 0.15) is 29.0 Å². The Morgan fingerprint density at radius 3 is 2.23 bits per heavy atom. The van der Waals surface area contributed by atoms with E-state index in [4.69, 9.17) is 4.98 Å². The largest absolute Gasteiger partial charge is 0.370 e. The van der Waals surface area contributed by atoms with E-state index in [1.54, 1.807) is 0 Å². The average molecular weight is 423 g/mol. The molecule has 3 heteroatoms. The molecule has 0 unspecified atom stereocenters. The fraction of sp³-hybridized carbons (Fsp3) is 0.179. The number of thiophene rings is 1. The van der Waals surface area contributed by atoms with Crippen LogP contribution in [-0.2, 0) is 6.42 Å². The third-order valence-electron chi connectivity index (χ3n) is 5.83. The van der Waals surface area contributed by atoms with Crippen LogP contribution in [0.3, 0.4) is 0 Å². The lowest BCUT2D eigenvalue weighted by Gasteiger charge is -2.23. The van der Waals surface area contributed by atoms with Crippen molar-refractivity contribution in [2.75, 3.05) is 19.0 Å². The summed E-state index contributed by atoms with van der Waals surface area (Å²) in [5, 5.41) is 1.28. The maximum Gasteiger partial charge on any atom is 0.0909 e. The quantitative estimate of drug-likeness (QED) is 0.340. The Morgan fingerprint density at radius 1 is 0.839 bits per heavy atom. The molecule has 1 aliphatic rings. The molecule has 2 aromatic carbocycles. The number of hydrogen-bond donors (Lipinski definition) is 0. The molecule has 0 saturated carbocycles. The van der Waals surface area contributed by atoms with Gasteiger partial charge in [-0.05, 0) is 65.8 Å². The minimum Gasteiger partial charge on any atom is -0.370 e. The van der Waals surface area contributed by atoms with Crippen LogP contribution in [0.5, 0.6) is 0 Å². The highest BCUT2D eigenvalue weighted by atomic mass is 32.1. The van der Waals surface area contributed by atoms with Crippen LogP contribution in [0.25, 0.3) is 34.0 Å². The lowest BCUT2D eigenvalue weighted by atomic mass is 9.85. The lowest BCUT2D eigenvalue weighted by Crippen LogP contribution is -2.08. The van der Waals surface area contributed by atoms with Crippen molar-refractivity contribution in [2.24, 2.45) is 0 Å². The van der Waals surface area contributed by atoms with Crippen molar-refractivity contribution in [3.8, 4) is 22.4 Å². The van der Waals surface area contributed by atoms with Gasteiger partial charge in [0.15, 0.2) is 0 Å². The molecule has 0 saturated heterocycles. The van der Waals surface area contributed by atoms with Gasteiger partial charge in [0.1, 0.15) is 0 Å². The Morgan fingerprint density at radius 2 is 1.55 bits per heavy atom. The zero-order valence-corrected chi connectivity index (χ0v) is 18.8. The number of pyridine rings is 1. The fourth-order valence-corrected chi connectivity index (χ4v) is 5.17. The highest BCUT2D eigenvalue weighted by molar-refractivity contribution is 7.17. The van der Waals surface area contributed by atoms with E-state index in [9.17, 15) is 0 Å². The van der Waals surface area contributed by atoms with Crippen LogP contribution in [0.15, 0.2) is 78.9 Å². The summed E-state index contributed by atoms with van der Waals surface area (Å²) in [7, 11) is 4.19. The minimum atomic E-state index is 1.05. The first-order chi connectivity index (χ1) is 15.2. The first-order valence-corrected chi connectivity index (χ1v) is 11.6. The van der Waals surface area contributed by atoms with E-state index in [1.165, 1.54) is 43.4 Å². The van der Waals surface area contributed by atoms with Gasteiger partial charge in [0.2, 0.25) is 0 Å². The van der Waals surface area contributed by atoms with Crippen LogP contribution in [0.2, 0.25) is 0 Å². The van der Waals surface area contributed by atoms with Gasteiger partial charge in [-0.25, -0.2) is 4.98 Å². The molecule has 4 aromatic rings. The zero-order valence-electron chi connectivity index (χ0n) is 18.0. The average Bonchev–Trinajstić information content (AvgIpc) is 3.29. The van der Waals surface area contributed by atoms with Crippen LogP contribution < -0.4 is 4.90 Å². The summed E-state index contributed by atoms with van der Waals surface area (Å²) in [4.78, 5) is 8.67. The SMILES string of the molecule is CN(C)c1ccc(/C=C2\CCCc3c(-c4ccccc4)cc(-c4ccccc4)nc32)s1. The molecule has 1 aliphatic carbocycles. The van der Waals surface area contributed by atoms with Crippen molar-refractivity contribution >= 4 is 28.0 Å². The normalized spacial score (nSPS) is 14.5. The van der Waals surface area contributed by atoms with E-state index in [0.717, 1.165) is 25.0 Å². The molecular formula is C28H26N2S. The molecule has 0 amide bonds. The number of rotatable bonds is 4. The number of hydrogen-bond acceptors (Lipinski definition) is 3. The number of anilines is 1. The van der Waals surface area contributed by atoms with Crippen molar-refractivity contribution in [1.29, 1.82) is 0 Å². The molecule has 0 fully saturated rings. The predicted molar refractivity (Wildman–Crippen MR) is 135 cm³/mol. The van der Waals surface area contributed by atoms with E-state index in [0.29, 0.717) is 0 Å². The topological polar surface area (TPSA) is 16.1 Å². The molecule has 0 N–H and O–H groups in total. The summed E-state index contributed by atoms with van der Waals surface area (Å²) in [6.45, 7) is 0. The van der Waals surface area contributed by atoms with Gasteiger partial charge in [0, 0.05) is 24.5 Å². The molecule has 5 rings (SSSR count). The highest BCUT2D eigenvalue weighted by Gasteiger charge is 2.21. The van der Waals surface area contributed by atoms with Crippen LogP contribution >= 0.6 is 11.3 Å². The Balaban J connectivity index is 1.69. The van der Waals surface area contributed by atoms with Gasteiger partial charge < -0.3 is 4.90 Å². The Labute approximate surface area is 188 Å². The summed E-state index contributed by atoms with van der Waals surface area (Å²) < 4.78 is 0. The summed E-state index contributed by atoms with van der Waals surface area (Å²) >= 11 is 1.83. The Kier molecular flexibility index (Phi) is 5.44. The summed E-state index contributed by atoms with van der Waals surface area (Å²) in [5.41, 5.74) is 8.70. The minimum absolute atomic E-state index is 1.05. The first-order valence-electron chi connectivity index (χ1n) is 10.8. The van der Waals surface area contributed by atoms with Gasteiger partial charge in [0.25, 0.3) is 0 Å². The van der Waals surface area contributed by atoms with Crippen LogP contribution in [0.4, 0.5) is 5.00 Å². The predicted octanol–water partition coefficient (Wildman–Crippen LogP) is 7.42. The summed E-state index contributed by atoms with van der Waals surface area (Å²) in [6.07, 6.45) is 5.66. The molecule has 2 heterocycles. The van der Waals surface area contributed by atoms with Gasteiger partial charge in [-0.3, -0.25) is 0 Å². The van der Waals surface area contributed by atoms with Gasteiger partial charge >= 0.3 is 0 Å².